The number of rotatable bonds is 8. The van der Waals surface area contributed by atoms with Crippen LogP contribution in [0.3, 0.4) is 0 Å². The SMILES string of the molecule is CC(C)n1c(=O)c(-c2ccc(N[C@@H]3C[C@H]3c3ccccc3)c(F)c2)nc2cnc(N[C@H]3CC[C@H](N(C)C)CC3)nc21. The molecule has 0 saturated heterocycles. The topological polar surface area (TPSA) is 88.0 Å². The van der Waals surface area contributed by atoms with Crippen molar-refractivity contribution >= 4 is 22.8 Å². The summed E-state index contributed by atoms with van der Waals surface area (Å²) in [6.45, 7) is 3.88. The number of anilines is 2. The van der Waals surface area contributed by atoms with E-state index >= 15 is 4.39 Å². The minimum absolute atomic E-state index is 0.166. The lowest BCUT2D eigenvalue weighted by Crippen LogP contribution is -2.36. The van der Waals surface area contributed by atoms with Crippen molar-refractivity contribution in [2.45, 2.75) is 76.0 Å². The fourth-order valence-corrected chi connectivity index (χ4v) is 6.06. The molecule has 9 heteroatoms. The van der Waals surface area contributed by atoms with Crippen LogP contribution in [0.15, 0.2) is 59.5 Å². The highest BCUT2D eigenvalue weighted by molar-refractivity contribution is 5.75. The Morgan fingerprint density at radius 3 is 2.44 bits per heavy atom. The molecule has 2 N–H and O–H groups in total. The highest BCUT2D eigenvalue weighted by Gasteiger charge is 2.38. The van der Waals surface area contributed by atoms with Crippen LogP contribution in [0, 0.1) is 5.82 Å². The number of hydrogen-bond donors (Lipinski definition) is 2. The second-order valence-corrected chi connectivity index (χ2v) is 11.9. The van der Waals surface area contributed by atoms with Crippen LogP contribution in [0.4, 0.5) is 16.0 Å². The third-order valence-electron chi connectivity index (χ3n) is 8.51. The number of nitrogens with one attached hydrogen (secondary N) is 2. The fourth-order valence-electron chi connectivity index (χ4n) is 6.06. The van der Waals surface area contributed by atoms with Crippen LogP contribution in [0.5, 0.6) is 0 Å². The summed E-state index contributed by atoms with van der Waals surface area (Å²) < 4.78 is 16.9. The van der Waals surface area contributed by atoms with Crippen molar-refractivity contribution in [3.63, 3.8) is 0 Å². The van der Waals surface area contributed by atoms with Crippen molar-refractivity contribution < 1.29 is 4.39 Å². The van der Waals surface area contributed by atoms with Crippen LogP contribution in [0.2, 0.25) is 0 Å². The Morgan fingerprint density at radius 1 is 1.00 bits per heavy atom. The predicted molar refractivity (Wildman–Crippen MR) is 162 cm³/mol. The molecule has 2 aromatic heterocycles. The maximum atomic E-state index is 15.3. The van der Waals surface area contributed by atoms with Crippen molar-refractivity contribution in [2.75, 3.05) is 24.7 Å². The smallest absolute Gasteiger partial charge is 0.278 e. The number of aromatic nitrogens is 4. The normalized spacial score (nSPS) is 22.3. The van der Waals surface area contributed by atoms with Gasteiger partial charge in [0.2, 0.25) is 5.95 Å². The third kappa shape index (κ3) is 5.68. The molecule has 0 unspecified atom stereocenters. The minimum Gasteiger partial charge on any atom is -0.379 e. The van der Waals surface area contributed by atoms with Crippen molar-refractivity contribution in [1.82, 2.24) is 24.4 Å². The quantitative estimate of drug-likeness (QED) is 0.283. The summed E-state index contributed by atoms with van der Waals surface area (Å²) in [7, 11) is 4.26. The Hall–Kier alpha value is -3.85. The van der Waals surface area contributed by atoms with Crippen molar-refractivity contribution in [3.05, 3.63) is 76.5 Å². The van der Waals surface area contributed by atoms with Crippen LogP contribution in [-0.4, -0.2) is 56.6 Å². The van der Waals surface area contributed by atoms with Gasteiger partial charge < -0.3 is 15.5 Å². The number of fused-ring (bicyclic) bond motifs is 1. The fraction of sp³-hybridized carbons (Fsp3) is 0.438. The first kappa shape index (κ1) is 27.3. The molecule has 2 fully saturated rings. The van der Waals surface area contributed by atoms with Gasteiger partial charge in [0.1, 0.15) is 17.0 Å². The van der Waals surface area contributed by atoms with Gasteiger partial charge in [-0.2, -0.15) is 4.98 Å². The van der Waals surface area contributed by atoms with Crippen molar-refractivity contribution in [1.29, 1.82) is 0 Å². The van der Waals surface area contributed by atoms with Gasteiger partial charge in [-0.15, -0.1) is 0 Å². The maximum Gasteiger partial charge on any atom is 0.278 e. The molecular formula is C32H38FN7O. The highest BCUT2D eigenvalue weighted by Crippen LogP contribution is 2.43. The van der Waals surface area contributed by atoms with Gasteiger partial charge in [0, 0.05) is 35.6 Å². The largest absolute Gasteiger partial charge is 0.379 e. The molecule has 0 spiro atoms. The summed E-state index contributed by atoms with van der Waals surface area (Å²) >= 11 is 0. The van der Waals surface area contributed by atoms with E-state index in [9.17, 15) is 4.79 Å². The zero-order valence-corrected chi connectivity index (χ0v) is 24.1. The second-order valence-electron chi connectivity index (χ2n) is 11.9. The van der Waals surface area contributed by atoms with Gasteiger partial charge in [0.25, 0.3) is 5.56 Å². The van der Waals surface area contributed by atoms with Gasteiger partial charge in [-0.25, -0.2) is 14.4 Å². The number of halogens is 1. The highest BCUT2D eigenvalue weighted by atomic mass is 19.1. The zero-order chi connectivity index (χ0) is 28.7. The lowest BCUT2D eigenvalue weighted by molar-refractivity contribution is 0.221. The third-order valence-corrected chi connectivity index (χ3v) is 8.51. The van der Waals surface area contributed by atoms with Gasteiger partial charge in [-0.1, -0.05) is 36.4 Å². The minimum atomic E-state index is -0.404. The van der Waals surface area contributed by atoms with Crippen LogP contribution in [0.25, 0.3) is 22.4 Å². The molecule has 0 aliphatic heterocycles. The van der Waals surface area contributed by atoms with E-state index in [0.717, 1.165) is 32.1 Å². The Labute approximate surface area is 240 Å². The molecule has 8 nitrogen and oxygen atoms in total. The summed E-state index contributed by atoms with van der Waals surface area (Å²) in [5.41, 5.74) is 3.00. The van der Waals surface area contributed by atoms with Gasteiger partial charge >= 0.3 is 0 Å². The standard InChI is InChI=1S/C32H38FN7O/c1-19(2)40-30-28(18-34-32(38-30)35-22-11-13-23(14-12-22)39(3)4)37-29(31(40)41)21-10-15-26(25(33)16-21)36-27-17-24(27)20-8-6-5-7-9-20/h5-10,15-16,18-19,22-24,27,36H,11-14,17H2,1-4H3,(H,34,35,38)/t22-,23-,24-,27+/m0/s1. The predicted octanol–water partition coefficient (Wildman–Crippen LogP) is 5.83. The molecule has 214 valence electrons. The summed E-state index contributed by atoms with van der Waals surface area (Å²) in [5, 5.41) is 6.80. The Balaban J connectivity index is 1.24. The van der Waals surface area contributed by atoms with Gasteiger partial charge in [0.15, 0.2) is 5.65 Å². The monoisotopic (exact) mass is 555 g/mol. The van der Waals surface area contributed by atoms with E-state index in [-0.39, 0.29) is 23.3 Å². The molecule has 2 atom stereocenters. The van der Waals surface area contributed by atoms with Gasteiger partial charge in [-0.3, -0.25) is 9.36 Å². The van der Waals surface area contributed by atoms with E-state index in [0.29, 0.717) is 46.4 Å². The Morgan fingerprint density at radius 2 is 1.76 bits per heavy atom. The molecular weight excluding hydrogens is 517 g/mol. The summed E-state index contributed by atoms with van der Waals surface area (Å²) in [6.07, 6.45) is 6.95. The Bertz CT molecular complexity index is 1600. The molecule has 0 radical (unpaired) electrons. The molecule has 4 aromatic rings. The summed E-state index contributed by atoms with van der Waals surface area (Å²) in [6, 6.07) is 16.0. The van der Waals surface area contributed by atoms with E-state index in [1.165, 1.54) is 11.6 Å². The molecule has 0 bridgehead atoms. The number of nitrogens with zero attached hydrogens (tertiary/aromatic N) is 5. The van der Waals surface area contributed by atoms with Crippen molar-refractivity contribution in [2.24, 2.45) is 0 Å². The van der Waals surface area contributed by atoms with E-state index in [2.05, 4.69) is 51.7 Å². The average Bonchev–Trinajstić information content (AvgIpc) is 3.73. The lowest BCUT2D eigenvalue weighted by Gasteiger charge is -2.32. The molecule has 2 aliphatic carbocycles. The van der Waals surface area contributed by atoms with Crippen LogP contribution < -0.4 is 16.2 Å². The van der Waals surface area contributed by atoms with Gasteiger partial charge in [0.05, 0.1) is 11.9 Å². The van der Waals surface area contributed by atoms with Crippen LogP contribution in [0.1, 0.15) is 63.5 Å². The lowest BCUT2D eigenvalue weighted by atomic mass is 9.91. The van der Waals surface area contributed by atoms with Crippen LogP contribution in [-0.2, 0) is 0 Å². The first-order valence-electron chi connectivity index (χ1n) is 14.6. The first-order chi connectivity index (χ1) is 19.8. The molecule has 2 heterocycles. The average molecular weight is 556 g/mol. The van der Waals surface area contributed by atoms with E-state index in [1.807, 2.05) is 32.0 Å². The van der Waals surface area contributed by atoms with Gasteiger partial charge in [-0.05, 0) is 77.7 Å². The van der Waals surface area contributed by atoms with Crippen LogP contribution >= 0.6 is 0 Å². The molecule has 2 saturated carbocycles. The first-order valence-corrected chi connectivity index (χ1v) is 14.6. The van der Waals surface area contributed by atoms with E-state index < -0.39 is 5.82 Å². The second kappa shape index (κ2) is 11.2. The Kier molecular flexibility index (Phi) is 7.46. The maximum absolute atomic E-state index is 15.3. The van der Waals surface area contributed by atoms with Crippen molar-refractivity contribution in [3.8, 4) is 11.3 Å². The number of benzene rings is 2. The number of hydrogen-bond acceptors (Lipinski definition) is 7. The molecule has 6 rings (SSSR count). The van der Waals surface area contributed by atoms with E-state index in [1.54, 1.807) is 22.9 Å². The summed E-state index contributed by atoms with van der Waals surface area (Å²) in [4.78, 5) is 29.9. The molecule has 2 aromatic carbocycles. The zero-order valence-electron chi connectivity index (χ0n) is 24.1. The molecule has 0 amide bonds. The molecule has 2 aliphatic rings. The molecule has 41 heavy (non-hydrogen) atoms. The van der Waals surface area contributed by atoms with E-state index in [4.69, 9.17) is 4.98 Å². The summed E-state index contributed by atoms with van der Waals surface area (Å²) in [5.74, 6) is 0.478.